The predicted molar refractivity (Wildman–Crippen MR) is 84.1 cm³/mol. The average molecular weight is 379 g/mol. The quantitative estimate of drug-likeness (QED) is 0.625. The van der Waals surface area contributed by atoms with Crippen LogP contribution in [0.1, 0.15) is 11.3 Å². The molecule has 101 valence electrons. The largest absolute Gasteiger partial charge is 0.489 e. The highest BCUT2D eigenvalue weighted by molar-refractivity contribution is 14.1. The van der Waals surface area contributed by atoms with Crippen molar-refractivity contribution in [2.75, 3.05) is 0 Å². The third-order valence-electron chi connectivity index (χ3n) is 2.97. The van der Waals surface area contributed by atoms with Gasteiger partial charge in [-0.05, 0) is 58.5 Å². The third-order valence-corrected chi connectivity index (χ3v) is 3.77. The van der Waals surface area contributed by atoms with Crippen LogP contribution >= 0.6 is 22.6 Å². The molecule has 20 heavy (non-hydrogen) atoms. The molecule has 1 heterocycles. The lowest BCUT2D eigenvalue weighted by molar-refractivity contribution is 0.157. The fourth-order valence-electron chi connectivity index (χ4n) is 2.06. The molecule has 1 radical (unpaired) electrons. The molecule has 0 aliphatic carbocycles. The van der Waals surface area contributed by atoms with Crippen LogP contribution in [-0.2, 0) is 18.3 Å². The van der Waals surface area contributed by atoms with Crippen molar-refractivity contribution in [2.45, 2.75) is 13.2 Å². The molecule has 0 fully saturated rings. The van der Waals surface area contributed by atoms with E-state index in [-0.39, 0.29) is 6.61 Å². The van der Waals surface area contributed by atoms with E-state index in [1.165, 1.54) is 0 Å². The number of ether oxygens (including phenoxy) is 1. The molecule has 0 saturated carbocycles. The van der Waals surface area contributed by atoms with Crippen LogP contribution in [0.15, 0.2) is 52.9 Å². The number of para-hydroxylation sites is 1. The molecule has 0 atom stereocenters. The van der Waals surface area contributed by atoms with Gasteiger partial charge >= 0.3 is 0 Å². The lowest BCUT2D eigenvalue weighted by Crippen LogP contribution is -1.95. The van der Waals surface area contributed by atoms with Gasteiger partial charge in [-0.1, -0.05) is 18.2 Å². The van der Waals surface area contributed by atoms with E-state index in [0.717, 1.165) is 25.9 Å². The zero-order valence-corrected chi connectivity index (χ0v) is 12.8. The minimum atomic E-state index is -0.333. The van der Waals surface area contributed by atoms with Crippen LogP contribution in [-0.4, -0.2) is 0 Å². The van der Waals surface area contributed by atoms with Crippen molar-refractivity contribution in [3.05, 3.63) is 63.4 Å². The Kier molecular flexibility index (Phi) is 3.93. The van der Waals surface area contributed by atoms with Crippen molar-refractivity contribution in [3.8, 4) is 5.75 Å². The van der Waals surface area contributed by atoms with Gasteiger partial charge in [0, 0.05) is 5.39 Å². The normalized spacial score (nSPS) is 10.9. The van der Waals surface area contributed by atoms with E-state index in [1.807, 2.05) is 42.5 Å². The van der Waals surface area contributed by atoms with Gasteiger partial charge in [-0.25, -0.2) is 5.11 Å². The Morgan fingerprint density at radius 1 is 1.10 bits per heavy atom. The van der Waals surface area contributed by atoms with Crippen LogP contribution in [0.3, 0.4) is 0 Å². The van der Waals surface area contributed by atoms with E-state index < -0.39 is 0 Å². The Labute approximate surface area is 130 Å². The standard InChI is InChI=1S/C16H12IO3/c17-15-7-11(10-19-13-4-2-1-3-5-13)6-12-8-14(9-18)20-16(12)15/h1-8H,9-10H2. The Hall–Kier alpha value is -1.53. The van der Waals surface area contributed by atoms with Crippen LogP contribution in [0.5, 0.6) is 5.75 Å². The van der Waals surface area contributed by atoms with Crippen molar-refractivity contribution in [1.29, 1.82) is 0 Å². The second-order valence-electron chi connectivity index (χ2n) is 4.45. The highest BCUT2D eigenvalue weighted by Crippen LogP contribution is 2.27. The average Bonchev–Trinajstić information content (AvgIpc) is 2.90. The van der Waals surface area contributed by atoms with Crippen LogP contribution < -0.4 is 4.74 Å². The topological polar surface area (TPSA) is 42.3 Å². The molecule has 2 aromatic carbocycles. The van der Waals surface area contributed by atoms with Gasteiger partial charge in [0.25, 0.3) is 0 Å². The molecule has 0 spiro atoms. The number of fused-ring (bicyclic) bond motifs is 1. The van der Waals surface area contributed by atoms with Gasteiger partial charge < -0.3 is 9.15 Å². The molecule has 0 bridgehead atoms. The Morgan fingerprint density at radius 2 is 1.90 bits per heavy atom. The van der Waals surface area contributed by atoms with Crippen molar-refractivity contribution >= 4 is 33.6 Å². The van der Waals surface area contributed by atoms with E-state index in [4.69, 9.17) is 9.15 Å². The van der Waals surface area contributed by atoms with Gasteiger partial charge in [-0.15, -0.1) is 0 Å². The molecule has 0 N–H and O–H groups in total. The van der Waals surface area contributed by atoms with Crippen LogP contribution in [0.2, 0.25) is 0 Å². The molecule has 3 aromatic rings. The molecular formula is C16H12IO3. The molecule has 0 aliphatic heterocycles. The monoisotopic (exact) mass is 379 g/mol. The SMILES string of the molecule is [O]Cc1cc2cc(COc3ccccc3)cc(I)c2o1. The molecule has 0 aliphatic rings. The number of halogens is 1. The number of benzene rings is 2. The first-order valence-corrected chi connectivity index (χ1v) is 7.31. The van der Waals surface area contributed by atoms with E-state index in [2.05, 4.69) is 22.6 Å². The zero-order valence-electron chi connectivity index (χ0n) is 10.6. The molecule has 0 unspecified atom stereocenters. The van der Waals surface area contributed by atoms with E-state index >= 15 is 0 Å². The number of hydrogen-bond acceptors (Lipinski definition) is 2. The highest BCUT2D eigenvalue weighted by Gasteiger charge is 2.09. The smallest absolute Gasteiger partial charge is 0.147 e. The summed E-state index contributed by atoms with van der Waals surface area (Å²) in [5.74, 6) is 1.31. The van der Waals surface area contributed by atoms with Gasteiger partial charge in [-0.3, -0.25) is 0 Å². The van der Waals surface area contributed by atoms with Crippen LogP contribution in [0.4, 0.5) is 0 Å². The Bertz CT molecular complexity index is 719. The van der Waals surface area contributed by atoms with Crippen molar-refractivity contribution < 1.29 is 14.3 Å². The fraction of sp³-hybridized carbons (Fsp3) is 0.125. The second-order valence-corrected chi connectivity index (χ2v) is 5.62. The van der Waals surface area contributed by atoms with Gasteiger partial charge in [0.1, 0.15) is 30.3 Å². The van der Waals surface area contributed by atoms with Crippen molar-refractivity contribution in [1.82, 2.24) is 0 Å². The number of hydrogen-bond donors (Lipinski definition) is 0. The Morgan fingerprint density at radius 3 is 2.65 bits per heavy atom. The maximum absolute atomic E-state index is 10.9. The first-order valence-electron chi connectivity index (χ1n) is 6.23. The summed E-state index contributed by atoms with van der Waals surface area (Å²) in [7, 11) is 0. The maximum atomic E-state index is 10.9. The summed E-state index contributed by atoms with van der Waals surface area (Å²) < 4.78 is 12.2. The molecule has 3 nitrogen and oxygen atoms in total. The third kappa shape index (κ3) is 2.81. The lowest BCUT2D eigenvalue weighted by Gasteiger charge is -2.06. The van der Waals surface area contributed by atoms with Crippen LogP contribution in [0, 0.1) is 3.57 Å². The molecule has 1 aromatic heterocycles. The molecule has 0 amide bonds. The van der Waals surface area contributed by atoms with E-state index in [9.17, 15) is 5.11 Å². The summed E-state index contributed by atoms with van der Waals surface area (Å²) in [6.45, 7) is 0.161. The van der Waals surface area contributed by atoms with Gasteiger partial charge in [0.2, 0.25) is 0 Å². The summed E-state index contributed by atoms with van der Waals surface area (Å²) in [5, 5.41) is 11.8. The zero-order chi connectivity index (χ0) is 13.9. The predicted octanol–water partition coefficient (Wildman–Crippen LogP) is 4.55. The van der Waals surface area contributed by atoms with Gasteiger partial charge in [-0.2, -0.15) is 0 Å². The number of rotatable bonds is 4. The first-order chi connectivity index (χ1) is 9.76. The minimum absolute atomic E-state index is 0.333. The second kappa shape index (κ2) is 5.85. The molecule has 4 heteroatoms. The summed E-state index contributed by atoms with van der Waals surface area (Å²) >= 11 is 2.22. The molecule has 3 rings (SSSR count). The van der Waals surface area contributed by atoms with E-state index in [1.54, 1.807) is 6.07 Å². The fourth-order valence-corrected chi connectivity index (χ4v) is 2.88. The summed E-state index contributed by atoms with van der Waals surface area (Å²) in [6, 6.07) is 15.5. The van der Waals surface area contributed by atoms with Gasteiger partial charge in [0.15, 0.2) is 0 Å². The van der Waals surface area contributed by atoms with Crippen LogP contribution in [0.25, 0.3) is 11.0 Å². The van der Waals surface area contributed by atoms with E-state index in [0.29, 0.717) is 12.4 Å². The van der Waals surface area contributed by atoms with Crippen molar-refractivity contribution in [3.63, 3.8) is 0 Å². The van der Waals surface area contributed by atoms with Gasteiger partial charge in [0.05, 0.1) is 3.57 Å². The molecule has 0 saturated heterocycles. The Balaban J connectivity index is 1.85. The lowest BCUT2D eigenvalue weighted by atomic mass is 10.1. The maximum Gasteiger partial charge on any atom is 0.147 e. The number of furan rings is 1. The summed E-state index contributed by atoms with van der Waals surface area (Å²) in [4.78, 5) is 0. The minimum Gasteiger partial charge on any atom is -0.489 e. The highest BCUT2D eigenvalue weighted by atomic mass is 127. The summed E-state index contributed by atoms with van der Waals surface area (Å²) in [5.41, 5.74) is 1.84. The first kappa shape index (κ1) is 13.5. The van der Waals surface area contributed by atoms with Crippen molar-refractivity contribution in [2.24, 2.45) is 0 Å². The summed E-state index contributed by atoms with van der Waals surface area (Å²) in [6.07, 6.45) is 0. The molecular weight excluding hydrogens is 367 g/mol.